The Bertz CT molecular complexity index is 469. The first kappa shape index (κ1) is 12.6. The number of nitrogens with one attached hydrogen (secondary N) is 1. The summed E-state index contributed by atoms with van der Waals surface area (Å²) in [6.45, 7) is 5.40. The Morgan fingerprint density at radius 1 is 1.39 bits per heavy atom. The highest BCUT2D eigenvalue weighted by Crippen LogP contribution is 2.21. The lowest BCUT2D eigenvalue weighted by Crippen LogP contribution is -2.38. The van der Waals surface area contributed by atoms with Gasteiger partial charge < -0.3 is 10.2 Å². The molecular weight excluding hydrogens is 228 g/mol. The van der Waals surface area contributed by atoms with E-state index < -0.39 is 0 Å². The van der Waals surface area contributed by atoms with E-state index in [0.29, 0.717) is 24.6 Å². The van der Waals surface area contributed by atoms with Crippen molar-refractivity contribution in [3.05, 3.63) is 35.4 Å². The van der Waals surface area contributed by atoms with Crippen molar-refractivity contribution in [2.24, 2.45) is 5.92 Å². The van der Waals surface area contributed by atoms with Gasteiger partial charge >= 0.3 is 0 Å². The summed E-state index contributed by atoms with van der Waals surface area (Å²) in [5, 5.41) is 2.82. The Hall–Kier alpha value is -1.84. The predicted octanol–water partition coefficient (Wildman–Crippen LogP) is 1.41. The van der Waals surface area contributed by atoms with Crippen molar-refractivity contribution < 1.29 is 9.59 Å². The zero-order valence-corrected chi connectivity index (χ0v) is 10.8. The molecule has 0 atom stereocenters. The zero-order valence-electron chi connectivity index (χ0n) is 10.8. The highest BCUT2D eigenvalue weighted by molar-refractivity contribution is 6.00. The van der Waals surface area contributed by atoms with Crippen molar-refractivity contribution in [3.8, 4) is 0 Å². The number of fused-ring (bicyclic) bond motifs is 1. The molecular formula is C14H18N2O2. The molecule has 0 saturated heterocycles. The van der Waals surface area contributed by atoms with Crippen LogP contribution >= 0.6 is 0 Å². The maximum Gasteiger partial charge on any atom is 0.254 e. The second kappa shape index (κ2) is 5.21. The van der Waals surface area contributed by atoms with Gasteiger partial charge in [-0.2, -0.15) is 0 Å². The second-order valence-electron chi connectivity index (χ2n) is 5.02. The summed E-state index contributed by atoms with van der Waals surface area (Å²) in [5.74, 6) is 0.274. The number of hydrogen-bond acceptors (Lipinski definition) is 2. The van der Waals surface area contributed by atoms with Gasteiger partial charge in [0, 0.05) is 18.7 Å². The Kier molecular flexibility index (Phi) is 3.65. The number of benzene rings is 1. The summed E-state index contributed by atoms with van der Waals surface area (Å²) >= 11 is 0. The van der Waals surface area contributed by atoms with Crippen LogP contribution in [0.1, 0.15) is 29.8 Å². The predicted molar refractivity (Wildman–Crippen MR) is 69.0 cm³/mol. The molecule has 1 heterocycles. The largest absolute Gasteiger partial charge is 0.354 e. The highest BCUT2D eigenvalue weighted by Gasteiger charge is 2.27. The number of amides is 2. The fourth-order valence-electron chi connectivity index (χ4n) is 1.99. The molecule has 4 heteroatoms. The smallest absolute Gasteiger partial charge is 0.254 e. The lowest BCUT2D eigenvalue weighted by atomic mass is 10.1. The lowest BCUT2D eigenvalue weighted by molar-refractivity contribution is -0.121. The summed E-state index contributed by atoms with van der Waals surface area (Å²) in [4.78, 5) is 25.3. The molecule has 96 valence electrons. The van der Waals surface area contributed by atoms with Crippen molar-refractivity contribution in [3.63, 3.8) is 0 Å². The summed E-state index contributed by atoms with van der Waals surface area (Å²) in [6, 6.07) is 7.50. The molecule has 0 aliphatic carbocycles. The molecule has 1 N–H and O–H groups in total. The maximum absolute atomic E-state index is 12.0. The second-order valence-corrected chi connectivity index (χ2v) is 5.02. The van der Waals surface area contributed by atoms with Gasteiger partial charge in [0.1, 0.15) is 6.54 Å². The number of rotatable bonds is 4. The van der Waals surface area contributed by atoms with E-state index in [4.69, 9.17) is 0 Å². The first-order valence-electron chi connectivity index (χ1n) is 6.22. The van der Waals surface area contributed by atoms with Crippen molar-refractivity contribution in [1.29, 1.82) is 0 Å². The minimum absolute atomic E-state index is 0.0507. The molecule has 2 amide bonds. The summed E-state index contributed by atoms with van der Waals surface area (Å²) in [7, 11) is 0. The fraction of sp³-hybridized carbons (Fsp3) is 0.429. The molecule has 0 fully saturated rings. The minimum atomic E-state index is -0.0927. The topological polar surface area (TPSA) is 49.4 Å². The van der Waals surface area contributed by atoms with Gasteiger partial charge in [0.2, 0.25) is 5.91 Å². The SMILES string of the molecule is CC(C)CNC(=O)CN1Cc2ccccc2C1=O. The molecule has 1 aliphatic rings. The van der Waals surface area contributed by atoms with Gasteiger partial charge in [-0.15, -0.1) is 0 Å². The normalized spacial score (nSPS) is 13.9. The third kappa shape index (κ3) is 2.70. The minimum Gasteiger partial charge on any atom is -0.354 e. The van der Waals surface area contributed by atoms with Crippen LogP contribution in [0.15, 0.2) is 24.3 Å². The number of carbonyl (C=O) groups excluding carboxylic acids is 2. The van der Waals surface area contributed by atoms with Gasteiger partial charge in [-0.3, -0.25) is 9.59 Å². The van der Waals surface area contributed by atoms with Crippen LogP contribution in [-0.2, 0) is 11.3 Å². The summed E-state index contributed by atoms with van der Waals surface area (Å²) in [5.41, 5.74) is 1.72. The maximum atomic E-state index is 12.0. The molecule has 0 spiro atoms. The first-order valence-corrected chi connectivity index (χ1v) is 6.22. The van der Waals surface area contributed by atoms with Crippen LogP contribution in [0.2, 0.25) is 0 Å². The van der Waals surface area contributed by atoms with E-state index in [0.717, 1.165) is 5.56 Å². The van der Waals surface area contributed by atoms with Crippen LogP contribution in [0.25, 0.3) is 0 Å². The third-order valence-corrected chi connectivity index (χ3v) is 2.94. The van der Waals surface area contributed by atoms with Crippen LogP contribution in [-0.4, -0.2) is 29.8 Å². The fourth-order valence-corrected chi connectivity index (χ4v) is 1.99. The van der Waals surface area contributed by atoms with Crippen LogP contribution in [0.3, 0.4) is 0 Å². The lowest BCUT2D eigenvalue weighted by Gasteiger charge is -2.15. The average Bonchev–Trinajstić information content (AvgIpc) is 2.65. The van der Waals surface area contributed by atoms with E-state index in [2.05, 4.69) is 5.32 Å². The Morgan fingerprint density at radius 2 is 2.11 bits per heavy atom. The van der Waals surface area contributed by atoms with Crippen LogP contribution in [0, 0.1) is 5.92 Å². The van der Waals surface area contributed by atoms with Crippen molar-refractivity contribution in [2.45, 2.75) is 20.4 Å². The molecule has 1 aromatic rings. The van der Waals surface area contributed by atoms with Crippen LogP contribution in [0.4, 0.5) is 0 Å². The van der Waals surface area contributed by atoms with Crippen molar-refractivity contribution >= 4 is 11.8 Å². The van der Waals surface area contributed by atoms with Crippen molar-refractivity contribution in [1.82, 2.24) is 10.2 Å². The van der Waals surface area contributed by atoms with Gasteiger partial charge in [0.15, 0.2) is 0 Å². The highest BCUT2D eigenvalue weighted by atomic mass is 16.2. The zero-order chi connectivity index (χ0) is 13.1. The number of carbonyl (C=O) groups is 2. The monoisotopic (exact) mass is 246 g/mol. The van der Waals surface area contributed by atoms with Crippen LogP contribution in [0.5, 0.6) is 0 Å². The van der Waals surface area contributed by atoms with Crippen molar-refractivity contribution in [2.75, 3.05) is 13.1 Å². The Labute approximate surface area is 107 Å². The standard InChI is InChI=1S/C14H18N2O2/c1-10(2)7-15-13(17)9-16-8-11-5-3-4-6-12(11)14(16)18/h3-6,10H,7-9H2,1-2H3,(H,15,17). The van der Waals surface area contributed by atoms with Gasteiger partial charge in [0.05, 0.1) is 0 Å². The van der Waals surface area contributed by atoms with E-state index in [9.17, 15) is 9.59 Å². The molecule has 0 saturated carbocycles. The summed E-state index contributed by atoms with van der Waals surface area (Å²) < 4.78 is 0. The molecule has 1 aromatic carbocycles. The van der Waals surface area contributed by atoms with Gasteiger partial charge in [-0.05, 0) is 17.5 Å². The first-order chi connectivity index (χ1) is 8.58. The molecule has 2 rings (SSSR count). The Balaban J connectivity index is 1.94. The quantitative estimate of drug-likeness (QED) is 0.873. The van der Waals surface area contributed by atoms with Gasteiger partial charge in [-0.1, -0.05) is 32.0 Å². The Morgan fingerprint density at radius 3 is 2.78 bits per heavy atom. The average molecular weight is 246 g/mol. The van der Waals surface area contributed by atoms with E-state index in [1.807, 2.05) is 38.1 Å². The summed E-state index contributed by atoms with van der Waals surface area (Å²) in [6.07, 6.45) is 0. The van der Waals surface area contributed by atoms with Gasteiger partial charge in [-0.25, -0.2) is 0 Å². The molecule has 1 aliphatic heterocycles. The van der Waals surface area contributed by atoms with E-state index in [-0.39, 0.29) is 18.4 Å². The molecule has 0 bridgehead atoms. The molecule has 0 radical (unpaired) electrons. The van der Waals surface area contributed by atoms with E-state index in [1.165, 1.54) is 0 Å². The molecule has 18 heavy (non-hydrogen) atoms. The van der Waals surface area contributed by atoms with Gasteiger partial charge in [0.25, 0.3) is 5.91 Å². The van der Waals surface area contributed by atoms with E-state index >= 15 is 0 Å². The molecule has 4 nitrogen and oxygen atoms in total. The third-order valence-electron chi connectivity index (χ3n) is 2.94. The molecule has 0 aromatic heterocycles. The number of nitrogens with zero attached hydrogens (tertiary/aromatic N) is 1. The van der Waals surface area contributed by atoms with E-state index in [1.54, 1.807) is 4.90 Å². The van der Waals surface area contributed by atoms with Crippen LogP contribution < -0.4 is 5.32 Å². The molecule has 0 unspecified atom stereocenters. The number of hydrogen-bond donors (Lipinski definition) is 1.